The molecule has 0 amide bonds. The van der Waals surface area contributed by atoms with Crippen LogP contribution >= 0.6 is 11.8 Å². The van der Waals surface area contributed by atoms with E-state index in [4.69, 9.17) is 4.74 Å². The van der Waals surface area contributed by atoms with Crippen molar-refractivity contribution in [3.8, 4) is 0 Å². The number of fused-ring (bicyclic) bond motifs is 6. The first-order chi connectivity index (χ1) is 18.5. The number of allylic oxidation sites excluding steroid dienone is 4. The van der Waals surface area contributed by atoms with Crippen LogP contribution in [0.4, 0.5) is 0 Å². The first kappa shape index (κ1) is 27.2. The van der Waals surface area contributed by atoms with Gasteiger partial charge in [-0.1, -0.05) is 67.6 Å². The maximum absolute atomic E-state index is 14.3. The molecule has 5 unspecified atom stereocenters. The third-order valence-corrected chi connectivity index (χ3v) is 11.9. The Bertz CT molecular complexity index is 1380. The highest BCUT2D eigenvalue weighted by Gasteiger charge is 2.68. The minimum Gasteiger partial charge on any atom is -0.366 e. The van der Waals surface area contributed by atoms with Crippen molar-refractivity contribution in [3.05, 3.63) is 58.0 Å². The number of ether oxygens (including phenoxy) is 1. The summed E-state index contributed by atoms with van der Waals surface area (Å²) >= 11 is 1.36. The molecule has 3 saturated carbocycles. The van der Waals surface area contributed by atoms with E-state index in [0.717, 1.165) is 50.5 Å². The van der Waals surface area contributed by atoms with Crippen LogP contribution in [0.2, 0.25) is 0 Å². The molecule has 0 aromatic heterocycles. The standard InChI is InChI=1S/C34H42O4S/c1-31(2,37)38-34(30(36)39-21-22-9-10-23-7-5-6-8-24(23)19-22)18-15-29-27-12-11-25-20-26(35)13-16-32(25,3)28(27)14-17-33(29,34)4/h7-10,13,16,19-20,27-29,37H,5-6,11-12,14-15,17-18,21H2,1-4H3/t27?,28?,29?,32?,33?,34-/m0/s1. The molecule has 5 heteroatoms. The predicted octanol–water partition coefficient (Wildman–Crippen LogP) is 5.59. The minimum atomic E-state index is -1.40. The van der Waals surface area contributed by atoms with Crippen molar-refractivity contribution < 1.29 is 19.4 Å². The van der Waals surface area contributed by atoms with Crippen LogP contribution in [0.5, 0.6) is 0 Å². The van der Waals surface area contributed by atoms with Crippen LogP contribution in [-0.4, -0.2) is 27.4 Å². The van der Waals surface area contributed by atoms with Crippen molar-refractivity contribution >= 4 is 34.8 Å². The molecule has 3 fully saturated rings. The average molecular weight is 547 g/mol. The summed E-state index contributed by atoms with van der Waals surface area (Å²) in [6.45, 7) is 7.90. The SMILES string of the molecule is CC(C)(O)O[C@]1(C(=O)SCc2ccc3c(c2)=CCCC=3)CCC2C3CCC4=CC(=O)C=CC4(C)C3CCC21C. The Labute approximate surface area is 236 Å². The van der Waals surface area contributed by atoms with Gasteiger partial charge in [-0.05, 0) is 111 Å². The van der Waals surface area contributed by atoms with Gasteiger partial charge in [0.25, 0.3) is 0 Å². The third kappa shape index (κ3) is 4.44. The van der Waals surface area contributed by atoms with Gasteiger partial charge in [0.05, 0.1) is 0 Å². The van der Waals surface area contributed by atoms with Crippen LogP contribution in [0.25, 0.3) is 12.2 Å². The highest BCUT2D eigenvalue weighted by molar-refractivity contribution is 8.13. The molecule has 0 radical (unpaired) electrons. The second kappa shape index (κ2) is 9.56. The zero-order chi connectivity index (χ0) is 27.6. The number of ketones is 1. The van der Waals surface area contributed by atoms with E-state index >= 15 is 0 Å². The van der Waals surface area contributed by atoms with E-state index in [1.165, 1.54) is 27.8 Å². The molecule has 6 atom stereocenters. The summed E-state index contributed by atoms with van der Waals surface area (Å²) in [5.41, 5.74) is 0.986. The van der Waals surface area contributed by atoms with Gasteiger partial charge in [0.2, 0.25) is 5.12 Å². The van der Waals surface area contributed by atoms with Gasteiger partial charge in [0.15, 0.2) is 11.6 Å². The lowest BCUT2D eigenvalue weighted by molar-refractivity contribution is -0.268. The van der Waals surface area contributed by atoms with Gasteiger partial charge in [0.1, 0.15) is 5.60 Å². The molecule has 0 saturated heterocycles. The molecule has 1 aromatic rings. The molecule has 208 valence electrons. The predicted molar refractivity (Wildman–Crippen MR) is 157 cm³/mol. The Morgan fingerprint density at radius 2 is 1.82 bits per heavy atom. The third-order valence-electron chi connectivity index (χ3n) is 10.8. The summed E-state index contributed by atoms with van der Waals surface area (Å²) in [4.78, 5) is 26.4. The number of aliphatic hydroxyl groups is 1. The number of hydrogen-bond acceptors (Lipinski definition) is 5. The molecule has 39 heavy (non-hydrogen) atoms. The van der Waals surface area contributed by atoms with Crippen LogP contribution in [-0.2, 0) is 20.1 Å². The van der Waals surface area contributed by atoms with E-state index in [-0.39, 0.29) is 21.7 Å². The second-order valence-electron chi connectivity index (χ2n) is 13.5. The summed E-state index contributed by atoms with van der Waals surface area (Å²) in [5.74, 6) is 0.599. The maximum atomic E-state index is 14.3. The quantitative estimate of drug-likeness (QED) is 0.488. The van der Waals surface area contributed by atoms with Gasteiger partial charge in [0, 0.05) is 16.6 Å². The monoisotopic (exact) mass is 546 g/mol. The number of rotatable bonds is 5. The highest BCUT2D eigenvalue weighted by Crippen LogP contribution is 2.68. The summed E-state index contributed by atoms with van der Waals surface area (Å²) < 4.78 is 6.53. The molecule has 6 rings (SSSR count). The van der Waals surface area contributed by atoms with Gasteiger partial charge in [-0.3, -0.25) is 9.59 Å². The topological polar surface area (TPSA) is 63.6 Å². The van der Waals surface area contributed by atoms with Crippen molar-refractivity contribution in [3.63, 3.8) is 0 Å². The van der Waals surface area contributed by atoms with Gasteiger partial charge < -0.3 is 9.84 Å². The Morgan fingerprint density at radius 3 is 2.59 bits per heavy atom. The van der Waals surface area contributed by atoms with Crippen molar-refractivity contribution in [2.24, 2.45) is 28.6 Å². The Balaban J connectivity index is 1.29. The van der Waals surface area contributed by atoms with Gasteiger partial charge in [-0.15, -0.1) is 0 Å². The van der Waals surface area contributed by atoms with E-state index in [9.17, 15) is 14.7 Å². The number of hydrogen-bond donors (Lipinski definition) is 1. The molecule has 0 aliphatic heterocycles. The van der Waals surface area contributed by atoms with Gasteiger partial charge >= 0.3 is 0 Å². The Hall–Kier alpha value is -1.95. The van der Waals surface area contributed by atoms with E-state index in [0.29, 0.717) is 29.9 Å². The fraction of sp³-hybridized carbons (Fsp3) is 0.588. The first-order valence-electron chi connectivity index (χ1n) is 14.8. The van der Waals surface area contributed by atoms with E-state index in [1.54, 1.807) is 19.9 Å². The van der Waals surface area contributed by atoms with Crippen LogP contribution in [0, 0.1) is 28.6 Å². The Morgan fingerprint density at radius 1 is 1.08 bits per heavy atom. The normalized spacial score (nSPS) is 37.0. The van der Waals surface area contributed by atoms with Crippen LogP contribution < -0.4 is 10.4 Å². The number of benzene rings is 1. The summed E-state index contributed by atoms with van der Waals surface area (Å²) in [6, 6.07) is 6.52. The molecule has 0 heterocycles. The lowest BCUT2D eigenvalue weighted by Gasteiger charge is -2.58. The molecule has 4 nitrogen and oxygen atoms in total. The smallest absolute Gasteiger partial charge is 0.221 e. The molecule has 0 bridgehead atoms. The number of carbonyl (C=O) groups is 2. The molecule has 5 aliphatic rings. The van der Waals surface area contributed by atoms with Gasteiger partial charge in [-0.2, -0.15) is 0 Å². The molecule has 5 aliphatic carbocycles. The lowest BCUT2D eigenvalue weighted by Crippen LogP contribution is -2.60. The van der Waals surface area contributed by atoms with Crippen LogP contribution in [0.3, 0.4) is 0 Å². The van der Waals surface area contributed by atoms with E-state index in [2.05, 4.69) is 50.3 Å². The van der Waals surface area contributed by atoms with Crippen LogP contribution in [0.15, 0.2) is 42.0 Å². The molecular weight excluding hydrogens is 504 g/mol. The maximum Gasteiger partial charge on any atom is 0.221 e. The average Bonchev–Trinajstić information content (AvgIpc) is 3.19. The molecular formula is C34H42O4S. The number of carbonyl (C=O) groups excluding carboxylic acids is 2. The van der Waals surface area contributed by atoms with Crippen LogP contribution in [0.1, 0.15) is 84.6 Å². The lowest BCUT2D eigenvalue weighted by atomic mass is 9.47. The van der Waals surface area contributed by atoms with Crippen molar-refractivity contribution in [1.82, 2.24) is 0 Å². The summed E-state index contributed by atoms with van der Waals surface area (Å²) in [7, 11) is 0. The second-order valence-corrected chi connectivity index (χ2v) is 14.4. The fourth-order valence-electron chi connectivity index (χ4n) is 8.99. The van der Waals surface area contributed by atoms with Crippen molar-refractivity contribution in [2.45, 2.75) is 96.2 Å². The largest absolute Gasteiger partial charge is 0.366 e. The fourth-order valence-corrected chi connectivity index (χ4v) is 10.1. The van der Waals surface area contributed by atoms with Crippen molar-refractivity contribution in [2.75, 3.05) is 0 Å². The zero-order valence-corrected chi connectivity index (χ0v) is 24.6. The zero-order valence-electron chi connectivity index (χ0n) is 23.8. The molecule has 1 N–H and O–H groups in total. The van der Waals surface area contributed by atoms with E-state index < -0.39 is 11.4 Å². The summed E-state index contributed by atoms with van der Waals surface area (Å²) in [5, 5.41) is 13.5. The Kier molecular flexibility index (Phi) is 6.68. The van der Waals surface area contributed by atoms with E-state index in [1.807, 2.05) is 6.08 Å². The van der Waals surface area contributed by atoms with Gasteiger partial charge in [-0.25, -0.2) is 0 Å². The summed E-state index contributed by atoms with van der Waals surface area (Å²) in [6.07, 6.45) is 18.0. The molecule has 1 aromatic carbocycles. The van der Waals surface area contributed by atoms with Crippen molar-refractivity contribution in [1.29, 1.82) is 0 Å². The first-order valence-corrected chi connectivity index (χ1v) is 15.8. The number of thioether (sulfide) groups is 1. The highest BCUT2D eigenvalue weighted by atomic mass is 32.2. The molecule has 0 spiro atoms. The minimum absolute atomic E-state index is 0.0621.